The second-order valence-corrected chi connectivity index (χ2v) is 6.21. The molecule has 1 rings (SSSR count). The van der Waals surface area contributed by atoms with Crippen LogP contribution in [0.3, 0.4) is 0 Å². The first-order chi connectivity index (χ1) is 7.41. The molecule has 1 unspecified atom stereocenters. The molecule has 0 aliphatic heterocycles. The van der Waals surface area contributed by atoms with Crippen molar-refractivity contribution < 1.29 is 8.42 Å². The Balaban J connectivity index is 3.33. The third-order valence-electron chi connectivity index (χ3n) is 2.21. The largest absolute Gasteiger partial charge is 0.222 e. The molecular weight excluding hydrogens is 246 g/mol. The molecular formula is C11H12ClNO2S. The molecule has 86 valence electrons. The summed E-state index contributed by atoms with van der Waals surface area (Å²) in [7, 11) is -3.67. The van der Waals surface area contributed by atoms with Crippen LogP contribution in [0.15, 0.2) is 29.2 Å². The number of sulfone groups is 1. The van der Waals surface area contributed by atoms with Gasteiger partial charge in [-0.1, -0.05) is 37.6 Å². The quantitative estimate of drug-likeness (QED) is 0.836. The van der Waals surface area contributed by atoms with E-state index in [9.17, 15) is 8.42 Å². The Morgan fingerprint density at radius 2 is 1.88 bits per heavy atom. The molecule has 0 radical (unpaired) electrons. The number of rotatable bonds is 3. The van der Waals surface area contributed by atoms with Crippen LogP contribution < -0.4 is 0 Å². The third-order valence-corrected chi connectivity index (χ3v) is 4.94. The van der Waals surface area contributed by atoms with Gasteiger partial charge in [-0.05, 0) is 18.1 Å². The van der Waals surface area contributed by atoms with Crippen molar-refractivity contribution in [2.45, 2.75) is 24.0 Å². The molecule has 0 spiro atoms. The van der Waals surface area contributed by atoms with Crippen LogP contribution in [-0.4, -0.2) is 13.7 Å². The fourth-order valence-corrected chi connectivity index (χ4v) is 3.58. The lowest BCUT2D eigenvalue weighted by Gasteiger charge is -2.14. The van der Waals surface area contributed by atoms with Gasteiger partial charge in [0.25, 0.3) is 0 Å². The molecule has 0 heterocycles. The second-order valence-electron chi connectivity index (χ2n) is 3.77. The van der Waals surface area contributed by atoms with Crippen LogP contribution in [0, 0.1) is 17.2 Å². The van der Waals surface area contributed by atoms with E-state index < -0.39 is 15.1 Å². The molecule has 0 bridgehead atoms. The average molecular weight is 258 g/mol. The first kappa shape index (κ1) is 13.0. The molecule has 0 aliphatic rings. The van der Waals surface area contributed by atoms with Crippen molar-refractivity contribution in [3.05, 3.63) is 29.3 Å². The molecule has 0 aromatic heterocycles. The minimum atomic E-state index is -3.67. The van der Waals surface area contributed by atoms with Gasteiger partial charge in [0, 0.05) is 0 Å². The van der Waals surface area contributed by atoms with E-state index in [1.54, 1.807) is 26.0 Å². The second kappa shape index (κ2) is 4.86. The predicted octanol–water partition coefficient (Wildman–Crippen LogP) is 2.66. The Hall–Kier alpha value is -1.05. The number of halogens is 1. The van der Waals surface area contributed by atoms with Crippen LogP contribution in [0.4, 0.5) is 0 Å². The van der Waals surface area contributed by atoms with Gasteiger partial charge in [0.15, 0.2) is 15.1 Å². The minimum absolute atomic E-state index is 0.0249. The molecule has 16 heavy (non-hydrogen) atoms. The van der Waals surface area contributed by atoms with Crippen molar-refractivity contribution in [1.82, 2.24) is 0 Å². The van der Waals surface area contributed by atoms with E-state index in [1.165, 1.54) is 12.1 Å². The summed E-state index contributed by atoms with van der Waals surface area (Å²) in [4.78, 5) is 0.0249. The van der Waals surface area contributed by atoms with Gasteiger partial charge in [-0.25, -0.2) is 8.42 Å². The van der Waals surface area contributed by atoms with E-state index in [-0.39, 0.29) is 15.8 Å². The summed E-state index contributed by atoms with van der Waals surface area (Å²) >= 11 is 5.83. The molecule has 0 aliphatic carbocycles. The van der Waals surface area contributed by atoms with Gasteiger partial charge >= 0.3 is 0 Å². The van der Waals surface area contributed by atoms with Crippen molar-refractivity contribution >= 4 is 21.4 Å². The van der Waals surface area contributed by atoms with Crippen LogP contribution in [0.1, 0.15) is 13.8 Å². The van der Waals surface area contributed by atoms with Crippen LogP contribution >= 0.6 is 11.6 Å². The highest BCUT2D eigenvalue weighted by Gasteiger charge is 2.31. The fraction of sp³-hybridized carbons (Fsp3) is 0.364. The van der Waals surface area contributed by atoms with Crippen LogP contribution in [-0.2, 0) is 9.84 Å². The third kappa shape index (κ3) is 2.37. The van der Waals surface area contributed by atoms with Crippen molar-refractivity contribution in [2.24, 2.45) is 5.92 Å². The zero-order valence-electron chi connectivity index (χ0n) is 9.01. The van der Waals surface area contributed by atoms with E-state index in [1.807, 2.05) is 6.07 Å². The van der Waals surface area contributed by atoms with Crippen LogP contribution in [0.2, 0.25) is 5.02 Å². The first-order valence-corrected chi connectivity index (χ1v) is 6.71. The van der Waals surface area contributed by atoms with Crippen molar-refractivity contribution in [2.75, 3.05) is 0 Å². The number of hydrogen-bond acceptors (Lipinski definition) is 3. The van der Waals surface area contributed by atoms with Crippen molar-refractivity contribution in [3.8, 4) is 6.07 Å². The molecule has 0 N–H and O–H groups in total. The highest BCUT2D eigenvalue weighted by molar-refractivity contribution is 7.92. The summed E-state index contributed by atoms with van der Waals surface area (Å²) in [6, 6.07) is 7.99. The minimum Gasteiger partial charge on any atom is -0.222 e. The highest BCUT2D eigenvalue weighted by atomic mass is 35.5. The first-order valence-electron chi connectivity index (χ1n) is 4.79. The van der Waals surface area contributed by atoms with Gasteiger partial charge in [0.05, 0.1) is 16.0 Å². The van der Waals surface area contributed by atoms with E-state index >= 15 is 0 Å². The van der Waals surface area contributed by atoms with Crippen molar-refractivity contribution in [1.29, 1.82) is 5.26 Å². The number of hydrogen-bond donors (Lipinski definition) is 0. The molecule has 5 heteroatoms. The summed E-state index contributed by atoms with van der Waals surface area (Å²) in [5, 5.41) is 8.01. The summed E-state index contributed by atoms with van der Waals surface area (Å²) in [6.45, 7) is 3.39. The highest BCUT2D eigenvalue weighted by Crippen LogP contribution is 2.27. The zero-order chi connectivity index (χ0) is 12.3. The van der Waals surface area contributed by atoms with Gasteiger partial charge < -0.3 is 0 Å². The van der Waals surface area contributed by atoms with Gasteiger partial charge in [-0.15, -0.1) is 0 Å². The Labute approximate surface area is 101 Å². The number of nitrogens with zero attached hydrogens (tertiary/aromatic N) is 1. The lowest BCUT2D eigenvalue weighted by molar-refractivity contribution is 0.563. The fourth-order valence-electron chi connectivity index (χ4n) is 1.39. The summed E-state index contributed by atoms with van der Waals surface area (Å²) in [6.07, 6.45) is 0. The molecule has 1 aromatic rings. The lowest BCUT2D eigenvalue weighted by atomic mass is 10.1. The molecule has 0 fully saturated rings. The normalized spacial score (nSPS) is 13.4. The van der Waals surface area contributed by atoms with Gasteiger partial charge in [-0.2, -0.15) is 5.26 Å². The molecule has 1 atom stereocenters. The molecule has 0 saturated carbocycles. The average Bonchev–Trinajstić information content (AvgIpc) is 2.17. The van der Waals surface area contributed by atoms with Gasteiger partial charge in [0.1, 0.15) is 0 Å². The Bertz CT molecular complexity index is 517. The van der Waals surface area contributed by atoms with Crippen molar-refractivity contribution in [3.63, 3.8) is 0 Å². The zero-order valence-corrected chi connectivity index (χ0v) is 10.6. The lowest BCUT2D eigenvalue weighted by Crippen LogP contribution is -2.25. The summed E-state index contributed by atoms with van der Waals surface area (Å²) < 4.78 is 24.2. The maximum Gasteiger partial charge on any atom is 0.196 e. The number of nitriles is 1. The van der Waals surface area contributed by atoms with E-state index in [0.717, 1.165) is 0 Å². The van der Waals surface area contributed by atoms with Gasteiger partial charge in [-0.3, -0.25) is 0 Å². The summed E-state index contributed by atoms with van der Waals surface area (Å²) in [5.74, 6) is -0.272. The monoisotopic (exact) mass is 257 g/mol. The predicted molar refractivity (Wildman–Crippen MR) is 62.9 cm³/mol. The smallest absolute Gasteiger partial charge is 0.196 e. The molecule has 0 amide bonds. The maximum absolute atomic E-state index is 12.1. The maximum atomic E-state index is 12.1. The van der Waals surface area contributed by atoms with E-state index in [2.05, 4.69) is 0 Å². The Kier molecular flexibility index (Phi) is 3.95. The molecule has 3 nitrogen and oxygen atoms in total. The standard InChI is InChI=1S/C11H12ClNO2S/c1-8(2)11(7-13)16(14,15)10-6-4-3-5-9(10)12/h3-6,8,11H,1-2H3. The van der Waals surface area contributed by atoms with Gasteiger partial charge in [0.2, 0.25) is 0 Å². The number of benzene rings is 1. The molecule has 0 saturated heterocycles. The van der Waals surface area contributed by atoms with E-state index in [4.69, 9.17) is 16.9 Å². The van der Waals surface area contributed by atoms with E-state index in [0.29, 0.717) is 0 Å². The Morgan fingerprint density at radius 1 is 1.31 bits per heavy atom. The van der Waals surface area contributed by atoms with Crippen LogP contribution in [0.25, 0.3) is 0 Å². The topological polar surface area (TPSA) is 57.9 Å². The summed E-state index contributed by atoms with van der Waals surface area (Å²) in [5.41, 5.74) is 0. The molecule has 1 aromatic carbocycles. The Morgan fingerprint density at radius 3 is 2.31 bits per heavy atom. The SMILES string of the molecule is CC(C)C(C#N)S(=O)(=O)c1ccccc1Cl. The van der Waals surface area contributed by atoms with Crippen LogP contribution in [0.5, 0.6) is 0 Å².